The fourth-order valence-corrected chi connectivity index (χ4v) is 10.7. The highest BCUT2D eigenvalue weighted by Crippen LogP contribution is 2.55. The summed E-state index contributed by atoms with van der Waals surface area (Å²) in [5, 5.41) is 61.7. The van der Waals surface area contributed by atoms with Crippen LogP contribution in [0, 0.1) is 55.0 Å². The van der Waals surface area contributed by atoms with Crippen LogP contribution in [0.2, 0.25) is 0 Å². The summed E-state index contributed by atoms with van der Waals surface area (Å²) in [6.07, 6.45) is 4.46. The maximum absolute atomic E-state index is 16.1. The van der Waals surface area contributed by atoms with E-state index in [-0.39, 0.29) is 105 Å². The number of fused-ring (bicyclic) bond motifs is 15. The number of hydrogen-bond acceptors (Lipinski definition) is 16. The van der Waals surface area contributed by atoms with E-state index < -0.39 is 112 Å². The molecule has 0 radical (unpaired) electrons. The summed E-state index contributed by atoms with van der Waals surface area (Å²) in [6.45, 7) is 14.0. The van der Waals surface area contributed by atoms with Gasteiger partial charge >= 0.3 is 11.8 Å². The van der Waals surface area contributed by atoms with Crippen molar-refractivity contribution in [2.75, 3.05) is 43.5 Å². The molecule has 78 heavy (non-hydrogen) atoms. The molecule has 18 nitrogen and oxygen atoms in total. The number of aromatic hydroxyl groups is 3. The number of halogens is 3. The molecule has 0 spiro atoms. The fraction of sp³-hybridized carbons (Fsp3) is 0.421. The molecule has 416 valence electrons. The van der Waals surface area contributed by atoms with E-state index >= 15 is 8.78 Å². The number of esters is 1. The molecule has 0 saturated carbocycles. The topological polar surface area (TPSA) is 243 Å². The Hall–Kier alpha value is -7.46. The number of piperazine rings is 1. The monoisotopic (exact) mass is 1080 g/mol. The average molecular weight is 1080 g/mol. The van der Waals surface area contributed by atoms with Crippen LogP contribution in [0.5, 0.6) is 23.0 Å². The van der Waals surface area contributed by atoms with Crippen molar-refractivity contribution in [1.82, 2.24) is 14.5 Å². The molecule has 9 rings (SSSR count). The molecule has 6 N–H and O–H groups in total. The van der Waals surface area contributed by atoms with Gasteiger partial charge < -0.3 is 54.7 Å². The molecular formula is C57H64F3N5O13. The highest BCUT2D eigenvalue weighted by atomic mass is 19.1. The van der Waals surface area contributed by atoms with E-state index in [0.29, 0.717) is 6.07 Å². The summed E-state index contributed by atoms with van der Waals surface area (Å²) in [7, 11) is 1.41. The molecule has 2 aromatic heterocycles. The minimum Gasteiger partial charge on any atom is -0.507 e. The SMILES string of the molecule is CO[C@H]1/C=C/O[C@@]2(C)Oc3c(C)c(O)c4c(O)c(c(CN5CCN(c6nc7c(cc6F)c(=O)c(C)cn7-c6ccc(F)cc6F)CC5)c(O)c4c3C2=O)NC(=O)/C(C)=C\C=C\[C@H](C)[C@H](O)[C@@H](C)[C@@H](O)[C@@H](C)[C@H](OC(C)=O)[C@@H]1C. The summed E-state index contributed by atoms with van der Waals surface area (Å²) in [6, 6.07) is 3.93. The molecule has 5 bridgehead atoms. The van der Waals surface area contributed by atoms with Gasteiger partial charge in [-0.15, -0.1) is 0 Å². The van der Waals surface area contributed by atoms with Crippen molar-refractivity contribution < 1.29 is 72.0 Å². The van der Waals surface area contributed by atoms with Crippen molar-refractivity contribution in [2.45, 2.75) is 99.1 Å². The van der Waals surface area contributed by atoms with Crippen LogP contribution in [0.4, 0.5) is 24.7 Å². The second-order valence-electron chi connectivity index (χ2n) is 20.7. The number of pyridine rings is 2. The van der Waals surface area contributed by atoms with E-state index in [9.17, 15) is 49.1 Å². The number of benzene rings is 3. The minimum absolute atomic E-state index is 0.0140. The molecule has 4 aliphatic rings. The molecule has 6 heterocycles. The number of rotatable bonds is 6. The number of phenols is 3. The molecule has 21 heteroatoms. The Morgan fingerprint density at radius 2 is 1.58 bits per heavy atom. The van der Waals surface area contributed by atoms with Crippen LogP contribution >= 0.6 is 0 Å². The molecular weight excluding hydrogens is 1020 g/mol. The number of aromatic nitrogens is 2. The number of carbonyl (C=O) groups excluding carboxylic acids is 3. The zero-order valence-corrected chi connectivity index (χ0v) is 44.9. The second-order valence-corrected chi connectivity index (χ2v) is 20.7. The van der Waals surface area contributed by atoms with Gasteiger partial charge in [0.05, 0.1) is 52.3 Å². The van der Waals surface area contributed by atoms with Gasteiger partial charge in [-0.05, 0) is 45.0 Å². The smallest absolute Gasteiger partial charge is 0.312 e. The van der Waals surface area contributed by atoms with Gasteiger partial charge in [-0.25, -0.2) is 18.2 Å². The molecule has 1 saturated heterocycles. The summed E-state index contributed by atoms with van der Waals surface area (Å²) < 4.78 is 70.3. The Labute approximate surface area is 447 Å². The van der Waals surface area contributed by atoms with E-state index in [1.165, 1.54) is 70.7 Å². The van der Waals surface area contributed by atoms with Crippen molar-refractivity contribution in [3.8, 4) is 28.7 Å². The largest absolute Gasteiger partial charge is 0.507 e. The van der Waals surface area contributed by atoms with Crippen LogP contribution in [0.25, 0.3) is 27.5 Å². The normalized spacial score (nSPS) is 27.1. The molecule has 1 amide bonds. The van der Waals surface area contributed by atoms with Gasteiger partial charge in [0.2, 0.25) is 0 Å². The maximum atomic E-state index is 16.1. The van der Waals surface area contributed by atoms with Crippen molar-refractivity contribution >= 4 is 51.0 Å². The lowest BCUT2D eigenvalue weighted by molar-refractivity contribution is -0.160. The number of allylic oxidation sites excluding steroid dienone is 2. The van der Waals surface area contributed by atoms with Gasteiger partial charge in [-0.2, -0.15) is 0 Å². The Morgan fingerprint density at radius 3 is 2.23 bits per heavy atom. The van der Waals surface area contributed by atoms with E-state index in [1.807, 2.05) is 4.90 Å². The van der Waals surface area contributed by atoms with Gasteiger partial charge in [0.25, 0.3) is 11.7 Å². The summed E-state index contributed by atoms with van der Waals surface area (Å²) in [4.78, 5) is 62.6. The number of Topliss-reactive ketones (excluding diaryl/α,β-unsaturated/α-hetero) is 1. The van der Waals surface area contributed by atoms with E-state index in [0.717, 1.165) is 18.4 Å². The quantitative estimate of drug-likeness (QED) is 0.0548. The standard InChI is InChI=1S/C57H64F3N5O13/c1-26-12-11-13-27(2)56(74)61-44-36(25-63-17-19-64(20-18-63)55-38(60)23-35-46(68)28(3)24-65(54(35)62-55)39-15-14-34(58)22-37(39)59)49(71)41-42(50(44)72)48(70)32(7)52-43(41)53(73)57(9,78-52)76-21-16-40(75-10)29(4)51(77-33(8)66)31(6)47(69)30(5)45(26)67/h11-16,21-24,26,29-31,40,45,47,51,67,69-72H,17-20,25H2,1-10H3,(H,61,74)/b12-11+,21-16+,27-13-/t26-,29+,30+,31+,40-,45-,47+,51+,57-/m0/s1. The van der Waals surface area contributed by atoms with E-state index in [1.54, 1.807) is 44.7 Å². The third-order valence-corrected chi connectivity index (χ3v) is 15.4. The number of nitrogens with one attached hydrogen (secondary N) is 1. The minimum atomic E-state index is -2.14. The van der Waals surface area contributed by atoms with Crippen LogP contribution in [0.1, 0.15) is 75.5 Å². The van der Waals surface area contributed by atoms with Crippen LogP contribution in [0.15, 0.2) is 71.4 Å². The lowest BCUT2D eigenvalue weighted by Gasteiger charge is -2.38. The molecule has 4 aliphatic heterocycles. The van der Waals surface area contributed by atoms with Crippen molar-refractivity contribution in [3.63, 3.8) is 0 Å². The van der Waals surface area contributed by atoms with Crippen LogP contribution in [-0.2, 0) is 30.3 Å². The van der Waals surface area contributed by atoms with Crippen LogP contribution < -0.4 is 20.4 Å². The van der Waals surface area contributed by atoms with Gasteiger partial charge in [0, 0.05) is 117 Å². The number of phenolic OH excluding ortho intramolecular Hbond substituents is 3. The summed E-state index contributed by atoms with van der Waals surface area (Å²) in [5.41, 5.74) is -1.13. The molecule has 1 fully saturated rings. The lowest BCUT2D eigenvalue weighted by atomic mass is 9.78. The first-order valence-electron chi connectivity index (χ1n) is 25.5. The number of ether oxygens (including phenoxy) is 4. The van der Waals surface area contributed by atoms with Crippen LogP contribution in [-0.4, -0.2) is 121 Å². The number of methoxy groups -OCH3 is 1. The number of aryl methyl sites for hydroxylation is 1. The predicted molar refractivity (Wildman–Crippen MR) is 283 cm³/mol. The second kappa shape index (κ2) is 22.1. The van der Waals surface area contributed by atoms with Crippen LogP contribution in [0.3, 0.4) is 0 Å². The molecule has 3 aromatic carbocycles. The first-order chi connectivity index (χ1) is 36.8. The average Bonchev–Trinajstić information content (AvgIpc) is 3.88. The van der Waals surface area contributed by atoms with Crippen molar-refractivity contribution in [2.24, 2.45) is 23.7 Å². The van der Waals surface area contributed by atoms with Crippen molar-refractivity contribution in [3.05, 3.63) is 117 Å². The Balaban J connectivity index is 1.20. The maximum Gasteiger partial charge on any atom is 0.312 e. The number of amides is 1. The van der Waals surface area contributed by atoms with Gasteiger partial charge in [0.1, 0.15) is 35.0 Å². The van der Waals surface area contributed by atoms with Gasteiger partial charge in [-0.3, -0.25) is 28.6 Å². The molecule has 9 atom stereocenters. The molecule has 5 aromatic rings. The molecule has 0 unspecified atom stereocenters. The third kappa shape index (κ3) is 10.4. The zero-order valence-electron chi connectivity index (χ0n) is 44.9. The zero-order chi connectivity index (χ0) is 57.0. The predicted octanol–water partition coefficient (Wildman–Crippen LogP) is 7.50. The Bertz CT molecular complexity index is 3390. The lowest BCUT2D eigenvalue weighted by Crippen LogP contribution is -2.46. The number of hydrogen-bond donors (Lipinski definition) is 6. The summed E-state index contributed by atoms with van der Waals surface area (Å²) >= 11 is 0. The van der Waals surface area contributed by atoms with E-state index in [2.05, 4.69) is 10.3 Å². The van der Waals surface area contributed by atoms with Gasteiger partial charge in [-0.1, -0.05) is 45.9 Å². The first kappa shape index (κ1) is 56.7. The first-order valence-corrected chi connectivity index (χ1v) is 25.5. The summed E-state index contributed by atoms with van der Waals surface area (Å²) in [5.74, 6) is -11.9. The Kier molecular flexibility index (Phi) is 16.1. The third-order valence-electron chi connectivity index (χ3n) is 15.4. The van der Waals surface area contributed by atoms with Gasteiger partial charge in [0.15, 0.2) is 28.5 Å². The van der Waals surface area contributed by atoms with E-state index in [4.69, 9.17) is 18.9 Å². The number of aliphatic hydroxyl groups is 2. The molecule has 0 aliphatic carbocycles. The number of carbonyl (C=O) groups is 3. The highest BCUT2D eigenvalue weighted by Gasteiger charge is 2.50. The number of nitrogens with zero attached hydrogens (tertiary/aromatic N) is 4. The number of ketones is 1. The van der Waals surface area contributed by atoms with Crippen molar-refractivity contribution in [1.29, 1.82) is 0 Å². The fourth-order valence-electron chi connectivity index (χ4n) is 10.7. The highest BCUT2D eigenvalue weighted by molar-refractivity contribution is 6.22. The number of anilines is 2. The Morgan fingerprint density at radius 1 is 0.885 bits per heavy atom. The number of aliphatic hydroxyl groups excluding tert-OH is 2.